The van der Waals surface area contributed by atoms with Crippen LogP contribution in [-0.4, -0.2) is 23.4 Å². The van der Waals surface area contributed by atoms with E-state index in [1.807, 2.05) is 12.1 Å². The summed E-state index contributed by atoms with van der Waals surface area (Å²) in [7, 11) is 1.74. The first-order chi connectivity index (χ1) is 9.98. The molecule has 1 amide bonds. The molecule has 0 bridgehead atoms. The molecule has 112 valence electrons. The minimum Gasteiger partial charge on any atom is -0.327 e. The van der Waals surface area contributed by atoms with Gasteiger partial charge in [-0.3, -0.25) is 4.79 Å². The van der Waals surface area contributed by atoms with Crippen LogP contribution in [0.25, 0.3) is 0 Å². The van der Waals surface area contributed by atoms with Crippen LogP contribution in [0, 0.1) is 11.3 Å². The number of nitriles is 1. The van der Waals surface area contributed by atoms with Gasteiger partial charge in [0.05, 0.1) is 16.1 Å². The Hall–Kier alpha value is -1.24. The van der Waals surface area contributed by atoms with Gasteiger partial charge in [-0.1, -0.05) is 29.3 Å². The predicted octanol–water partition coefficient (Wildman–Crippen LogP) is 4.22. The Morgan fingerprint density at radius 2 is 2.10 bits per heavy atom. The molecule has 0 aromatic heterocycles. The molecule has 21 heavy (non-hydrogen) atoms. The van der Waals surface area contributed by atoms with E-state index in [0.717, 1.165) is 37.7 Å². The van der Waals surface area contributed by atoms with Gasteiger partial charge in [0.2, 0.25) is 5.91 Å². The maximum absolute atomic E-state index is 12.2. The summed E-state index contributed by atoms with van der Waals surface area (Å²) in [4.78, 5) is 13.8. The summed E-state index contributed by atoms with van der Waals surface area (Å²) in [5, 5.41) is 10.3. The Labute approximate surface area is 135 Å². The molecule has 5 heteroatoms. The summed E-state index contributed by atoms with van der Waals surface area (Å²) < 4.78 is 0. The molecule has 0 radical (unpaired) electrons. The number of rotatable bonds is 5. The first-order valence-electron chi connectivity index (χ1n) is 7.10. The van der Waals surface area contributed by atoms with E-state index in [9.17, 15) is 10.1 Å². The van der Waals surface area contributed by atoms with Crippen molar-refractivity contribution in [3.8, 4) is 6.07 Å². The number of carbonyl (C=O) groups excluding carboxylic acids is 1. The third kappa shape index (κ3) is 3.51. The van der Waals surface area contributed by atoms with Crippen molar-refractivity contribution in [2.75, 3.05) is 7.05 Å². The van der Waals surface area contributed by atoms with Crippen LogP contribution < -0.4 is 0 Å². The lowest BCUT2D eigenvalue weighted by atomic mass is 9.76. The quantitative estimate of drug-likeness (QED) is 0.813. The van der Waals surface area contributed by atoms with Crippen molar-refractivity contribution in [3.05, 3.63) is 33.8 Å². The van der Waals surface area contributed by atoms with E-state index in [2.05, 4.69) is 6.07 Å². The second kappa shape index (κ2) is 6.68. The SMILES string of the molecule is CN(C(=O)CCCc1ccc(Cl)c(Cl)c1)C1(C#N)CCC1. The maximum atomic E-state index is 12.2. The zero-order valence-corrected chi connectivity index (χ0v) is 13.5. The molecule has 1 aliphatic rings. The van der Waals surface area contributed by atoms with Crippen LogP contribution in [-0.2, 0) is 11.2 Å². The fourth-order valence-corrected chi connectivity index (χ4v) is 2.90. The first kappa shape index (κ1) is 16.1. The Balaban J connectivity index is 1.84. The smallest absolute Gasteiger partial charge is 0.223 e. The Morgan fingerprint density at radius 3 is 2.62 bits per heavy atom. The molecule has 1 aliphatic carbocycles. The molecule has 3 nitrogen and oxygen atoms in total. The zero-order chi connectivity index (χ0) is 15.5. The van der Waals surface area contributed by atoms with Gasteiger partial charge in [-0.25, -0.2) is 0 Å². The summed E-state index contributed by atoms with van der Waals surface area (Å²) in [5.74, 6) is 0.0383. The van der Waals surface area contributed by atoms with E-state index in [4.69, 9.17) is 23.2 Å². The molecule has 0 N–H and O–H groups in total. The van der Waals surface area contributed by atoms with Crippen molar-refractivity contribution >= 4 is 29.1 Å². The number of carbonyl (C=O) groups is 1. The van der Waals surface area contributed by atoms with E-state index >= 15 is 0 Å². The van der Waals surface area contributed by atoms with E-state index in [1.165, 1.54) is 0 Å². The number of nitrogens with zero attached hydrogens (tertiary/aromatic N) is 2. The van der Waals surface area contributed by atoms with Crippen molar-refractivity contribution in [2.24, 2.45) is 0 Å². The van der Waals surface area contributed by atoms with Crippen molar-refractivity contribution in [1.29, 1.82) is 5.26 Å². The lowest BCUT2D eigenvalue weighted by Gasteiger charge is -2.43. The van der Waals surface area contributed by atoms with Crippen LogP contribution >= 0.6 is 23.2 Å². The lowest BCUT2D eigenvalue weighted by molar-refractivity contribution is -0.136. The zero-order valence-electron chi connectivity index (χ0n) is 12.0. The van der Waals surface area contributed by atoms with Crippen LogP contribution in [0.4, 0.5) is 0 Å². The van der Waals surface area contributed by atoms with Crippen LogP contribution in [0.2, 0.25) is 10.0 Å². The molecule has 1 aromatic carbocycles. The molecule has 2 rings (SSSR count). The third-order valence-corrected chi connectivity index (χ3v) is 4.98. The second-order valence-corrected chi connectivity index (χ2v) is 6.37. The lowest BCUT2D eigenvalue weighted by Crippen LogP contribution is -2.53. The Morgan fingerprint density at radius 1 is 1.38 bits per heavy atom. The van der Waals surface area contributed by atoms with E-state index in [0.29, 0.717) is 16.5 Å². The molecule has 1 fully saturated rings. The number of hydrogen-bond acceptors (Lipinski definition) is 2. The molecular weight excluding hydrogens is 307 g/mol. The topological polar surface area (TPSA) is 44.1 Å². The molecule has 0 unspecified atom stereocenters. The maximum Gasteiger partial charge on any atom is 0.223 e. The highest BCUT2D eigenvalue weighted by Crippen LogP contribution is 2.36. The minimum absolute atomic E-state index is 0.0383. The van der Waals surface area contributed by atoms with Gasteiger partial charge >= 0.3 is 0 Å². The number of halogens is 2. The minimum atomic E-state index is -0.555. The van der Waals surface area contributed by atoms with Crippen LogP contribution in [0.5, 0.6) is 0 Å². The van der Waals surface area contributed by atoms with Crippen molar-refractivity contribution in [2.45, 2.75) is 44.1 Å². The summed E-state index contributed by atoms with van der Waals surface area (Å²) in [6.07, 6.45) is 4.56. The summed E-state index contributed by atoms with van der Waals surface area (Å²) in [6, 6.07) is 7.82. The largest absolute Gasteiger partial charge is 0.327 e. The van der Waals surface area contributed by atoms with E-state index in [-0.39, 0.29) is 5.91 Å². The average Bonchev–Trinajstić information content (AvgIpc) is 2.42. The van der Waals surface area contributed by atoms with Gasteiger partial charge in [-0.2, -0.15) is 5.26 Å². The van der Waals surface area contributed by atoms with Gasteiger partial charge in [0.25, 0.3) is 0 Å². The molecule has 0 saturated heterocycles. The van der Waals surface area contributed by atoms with Crippen LogP contribution in [0.3, 0.4) is 0 Å². The summed E-state index contributed by atoms with van der Waals surface area (Å²) >= 11 is 11.8. The fourth-order valence-electron chi connectivity index (χ4n) is 2.58. The van der Waals surface area contributed by atoms with Gasteiger partial charge in [-0.05, 0) is 49.8 Å². The Bertz CT molecular complexity index is 576. The van der Waals surface area contributed by atoms with Gasteiger partial charge in [-0.15, -0.1) is 0 Å². The van der Waals surface area contributed by atoms with E-state index < -0.39 is 5.54 Å². The fraction of sp³-hybridized carbons (Fsp3) is 0.500. The highest BCUT2D eigenvalue weighted by atomic mass is 35.5. The number of benzene rings is 1. The summed E-state index contributed by atoms with van der Waals surface area (Å²) in [5.41, 5.74) is 0.513. The predicted molar refractivity (Wildman–Crippen MR) is 84.4 cm³/mol. The van der Waals surface area contributed by atoms with Crippen molar-refractivity contribution in [1.82, 2.24) is 4.90 Å². The summed E-state index contributed by atoms with van der Waals surface area (Å²) in [6.45, 7) is 0. The standard InChI is InChI=1S/C16H18Cl2N2O/c1-20(16(11-19)8-3-9-16)15(21)5-2-4-12-6-7-13(17)14(18)10-12/h6-7,10H,2-5,8-9H2,1H3. The van der Waals surface area contributed by atoms with Gasteiger partial charge in [0.1, 0.15) is 5.54 Å². The first-order valence-corrected chi connectivity index (χ1v) is 7.86. The van der Waals surface area contributed by atoms with E-state index in [1.54, 1.807) is 18.0 Å². The van der Waals surface area contributed by atoms with Gasteiger partial charge < -0.3 is 4.90 Å². The molecule has 0 heterocycles. The molecular formula is C16H18Cl2N2O. The third-order valence-electron chi connectivity index (χ3n) is 4.25. The van der Waals surface area contributed by atoms with Crippen LogP contribution in [0.15, 0.2) is 18.2 Å². The molecule has 0 aliphatic heterocycles. The number of hydrogen-bond donors (Lipinski definition) is 0. The molecule has 1 saturated carbocycles. The number of aryl methyl sites for hydroxylation is 1. The van der Waals surface area contributed by atoms with Gasteiger partial charge in [0, 0.05) is 13.5 Å². The highest BCUT2D eigenvalue weighted by Gasteiger charge is 2.43. The highest BCUT2D eigenvalue weighted by molar-refractivity contribution is 6.42. The van der Waals surface area contributed by atoms with Gasteiger partial charge in [0.15, 0.2) is 0 Å². The van der Waals surface area contributed by atoms with Crippen molar-refractivity contribution in [3.63, 3.8) is 0 Å². The molecule has 0 atom stereocenters. The molecule has 0 spiro atoms. The average molecular weight is 325 g/mol. The van der Waals surface area contributed by atoms with Crippen LogP contribution in [0.1, 0.15) is 37.7 Å². The monoisotopic (exact) mass is 324 g/mol. The molecule has 1 aromatic rings. The Kier molecular flexibility index (Phi) is 5.13. The normalized spacial score (nSPS) is 15.9. The number of amides is 1. The van der Waals surface area contributed by atoms with Crippen molar-refractivity contribution < 1.29 is 4.79 Å². The second-order valence-electron chi connectivity index (χ2n) is 5.55.